The van der Waals surface area contributed by atoms with Gasteiger partial charge in [-0.15, -0.1) is 10.2 Å². The molecule has 0 spiro atoms. The largest absolute Gasteiger partial charge is 0.297 e. The number of fused-ring (bicyclic) bond motifs is 1. The van der Waals surface area contributed by atoms with Crippen molar-refractivity contribution in [2.45, 2.75) is 25.8 Å². The predicted molar refractivity (Wildman–Crippen MR) is 70.2 cm³/mol. The minimum atomic E-state index is -0.308. The van der Waals surface area contributed by atoms with E-state index in [0.29, 0.717) is 16.7 Å². The number of aryl methyl sites for hydroxylation is 1. The van der Waals surface area contributed by atoms with Crippen LogP contribution in [0.1, 0.15) is 29.2 Å². The first kappa shape index (κ1) is 12.1. The van der Waals surface area contributed by atoms with Crippen LogP contribution in [0, 0.1) is 0 Å². The molecular formula is C12H12ClN5O. The Morgan fingerprint density at radius 3 is 3.00 bits per heavy atom. The Bertz CT molecular complexity index is 607. The Labute approximate surface area is 114 Å². The molecule has 1 amide bonds. The van der Waals surface area contributed by atoms with Gasteiger partial charge in [-0.3, -0.25) is 14.7 Å². The summed E-state index contributed by atoms with van der Waals surface area (Å²) in [5.74, 6) is 1.10. The molecule has 0 saturated carbocycles. The number of rotatable bonds is 2. The van der Waals surface area contributed by atoms with Crippen LogP contribution in [-0.4, -0.2) is 25.7 Å². The van der Waals surface area contributed by atoms with E-state index < -0.39 is 0 Å². The molecule has 0 atom stereocenters. The zero-order valence-electron chi connectivity index (χ0n) is 10.1. The highest BCUT2D eigenvalue weighted by Crippen LogP contribution is 2.17. The number of nitrogens with zero attached hydrogens (tertiary/aromatic N) is 4. The number of anilines is 1. The monoisotopic (exact) mass is 277 g/mol. The quantitative estimate of drug-likeness (QED) is 0.910. The third kappa shape index (κ3) is 2.44. The predicted octanol–water partition coefficient (Wildman–Crippen LogP) is 1.92. The highest BCUT2D eigenvalue weighted by molar-refractivity contribution is 6.30. The van der Waals surface area contributed by atoms with Gasteiger partial charge in [-0.1, -0.05) is 11.6 Å². The molecule has 1 aliphatic heterocycles. The molecule has 1 N–H and O–H groups in total. The number of halogens is 1. The first-order chi connectivity index (χ1) is 9.24. The molecule has 7 heteroatoms. The molecule has 98 valence electrons. The molecule has 0 radical (unpaired) electrons. The van der Waals surface area contributed by atoms with Crippen molar-refractivity contribution in [3.63, 3.8) is 0 Å². The second kappa shape index (κ2) is 4.97. The van der Waals surface area contributed by atoms with Crippen LogP contribution in [0.5, 0.6) is 0 Å². The maximum Gasteiger partial charge on any atom is 0.276 e. The fourth-order valence-corrected chi connectivity index (χ4v) is 2.19. The zero-order valence-corrected chi connectivity index (χ0v) is 10.9. The Morgan fingerprint density at radius 2 is 2.21 bits per heavy atom. The molecule has 2 aromatic heterocycles. The third-order valence-electron chi connectivity index (χ3n) is 3.04. The van der Waals surface area contributed by atoms with E-state index in [0.717, 1.165) is 31.6 Å². The number of amides is 1. The smallest absolute Gasteiger partial charge is 0.276 e. The molecule has 0 aromatic carbocycles. The van der Waals surface area contributed by atoms with Crippen LogP contribution in [0.4, 0.5) is 5.95 Å². The highest BCUT2D eigenvalue weighted by Gasteiger charge is 2.18. The molecule has 0 fully saturated rings. The van der Waals surface area contributed by atoms with Crippen LogP contribution in [0.2, 0.25) is 5.02 Å². The van der Waals surface area contributed by atoms with Gasteiger partial charge in [0.2, 0.25) is 5.95 Å². The summed E-state index contributed by atoms with van der Waals surface area (Å²) in [6.07, 6.45) is 4.54. The molecule has 6 nitrogen and oxygen atoms in total. The maximum absolute atomic E-state index is 12.0. The molecule has 3 heterocycles. The number of nitrogens with one attached hydrogen (secondary N) is 1. The molecule has 3 rings (SSSR count). The van der Waals surface area contributed by atoms with Crippen LogP contribution in [0.3, 0.4) is 0 Å². The summed E-state index contributed by atoms with van der Waals surface area (Å²) in [5, 5.41) is 11.3. The van der Waals surface area contributed by atoms with E-state index in [4.69, 9.17) is 11.6 Å². The summed E-state index contributed by atoms with van der Waals surface area (Å²) in [6.45, 7) is 0.839. The van der Waals surface area contributed by atoms with Crippen molar-refractivity contribution in [3.05, 3.63) is 34.9 Å². The van der Waals surface area contributed by atoms with Gasteiger partial charge in [0.1, 0.15) is 11.5 Å². The second-order valence-electron chi connectivity index (χ2n) is 4.36. The normalized spacial score (nSPS) is 13.9. The van der Waals surface area contributed by atoms with E-state index in [1.807, 2.05) is 4.57 Å². The topological polar surface area (TPSA) is 72.7 Å². The highest BCUT2D eigenvalue weighted by atomic mass is 35.5. The van der Waals surface area contributed by atoms with Crippen LogP contribution in [-0.2, 0) is 13.0 Å². The Balaban J connectivity index is 1.79. The zero-order chi connectivity index (χ0) is 13.2. The molecule has 1 aliphatic rings. The van der Waals surface area contributed by atoms with Crippen LogP contribution < -0.4 is 5.32 Å². The maximum atomic E-state index is 12.0. The molecule has 0 unspecified atom stereocenters. The van der Waals surface area contributed by atoms with Crippen molar-refractivity contribution in [1.82, 2.24) is 19.7 Å². The van der Waals surface area contributed by atoms with Gasteiger partial charge in [-0.05, 0) is 25.0 Å². The van der Waals surface area contributed by atoms with E-state index in [2.05, 4.69) is 20.5 Å². The van der Waals surface area contributed by atoms with Gasteiger partial charge in [0.15, 0.2) is 0 Å². The average molecular weight is 278 g/mol. The number of hydrogen-bond acceptors (Lipinski definition) is 4. The number of aromatic nitrogens is 4. The van der Waals surface area contributed by atoms with Crippen molar-refractivity contribution in [2.24, 2.45) is 0 Å². The van der Waals surface area contributed by atoms with Gasteiger partial charge >= 0.3 is 0 Å². The molecule has 2 aromatic rings. The van der Waals surface area contributed by atoms with Crippen molar-refractivity contribution < 1.29 is 4.79 Å². The summed E-state index contributed by atoms with van der Waals surface area (Å²) in [5.41, 5.74) is 0.303. The van der Waals surface area contributed by atoms with Crippen LogP contribution in [0.25, 0.3) is 0 Å². The minimum absolute atomic E-state index is 0.303. The average Bonchev–Trinajstić information content (AvgIpc) is 2.83. The van der Waals surface area contributed by atoms with Gasteiger partial charge in [0.05, 0.1) is 5.02 Å². The van der Waals surface area contributed by atoms with Gasteiger partial charge in [0, 0.05) is 19.2 Å². The summed E-state index contributed by atoms with van der Waals surface area (Å²) in [6, 6.07) is 3.20. The Hall–Kier alpha value is -1.95. The van der Waals surface area contributed by atoms with E-state index in [1.54, 1.807) is 12.1 Å². The van der Waals surface area contributed by atoms with Crippen molar-refractivity contribution in [3.8, 4) is 0 Å². The Kier molecular flexibility index (Phi) is 3.16. The Morgan fingerprint density at radius 1 is 1.32 bits per heavy atom. The molecule has 0 bridgehead atoms. The third-order valence-corrected chi connectivity index (χ3v) is 3.27. The minimum Gasteiger partial charge on any atom is -0.297 e. The molecular weight excluding hydrogens is 266 g/mol. The molecule has 0 saturated heterocycles. The van der Waals surface area contributed by atoms with Crippen LogP contribution in [0.15, 0.2) is 18.3 Å². The number of pyridine rings is 1. The first-order valence-electron chi connectivity index (χ1n) is 6.09. The SMILES string of the molecule is O=C(Nc1nnc2n1CCCC2)c1ccc(Cl)cn1. The second-order valence-corrected chi connectivity index (χ2v) is 4.80. The number of carbonyl (C=O) groups is 1. The summed E-state index contributed by atoms with van der Waals surface area (Å²) in [4.78, 5) is 16.0. The first-order valence-corrected chi connectivity index (χ1v) is 6.47. The van der Waals surface area contributed by atoms with E-state index in [9.17, 15) is 4.79 Å². The lowest BCUT2D eigenvalue weighted by Crippen LogP contribution is -2.19. The number of hydrogen-bond donors (Lipinski definition) is 1. The van der Waals surface area contributed by atoms with Gasteiger partial charge in [0.25, 0.3) is 5.91 Å². The standard InChI is InChI=1S/C12H12ClN5O/c13-8-4-5-9(14-7-8)11(19)15-12-17-16-10-3-1-2-6-18(10)12/h4-5,7H,1-3,6H2,(H,15,17,19). The number of carbonyl (C=O) groups excluding carboxylic acids is 1. The fraction of sp³-hybridized carbons (Fsp3) is 0.333. The van der Waals surface area contributed by atoms with Crippen molar-refractivity contribution in [1.29, 1.82) is 0 Å². The van der Waals surface area contributed by atoms with Crippen molar-refractivity contribution in [2.75, 3.05) is 5.32 Å². The van der Waals surface area contributed by atoms with Gasteiger partial charge in [-0.2, -0.15) is 0 Å². The molecule has 0 aliphatic carbocycles. The lowest BCUT2D eigenvalue weighted by Gasteiger charge is -2.14. The molecule has 19 heavy (non-hydrogen) atoms. The summed E-state index contributed by atoms with van der Waals surface area (Å²) < 4.78 is 1.94. The van der Waals surface area contributed by atoms with E-state index in [-0.39, 0.29) is 5.91 Å². The van der Waals surface area contributed by atoms with Crippen LogP contribution >= 0.6 is 11.6 Å². The summed E-state index contributed by atoms with van der Waals surface area (Å²) >= 11 is 5.73. The lowest BCUT2D eigenvalue weighted by molar-refractivity contribution is 0.102. The van der Waals surface area contributed by atoms with Crippen molar-refractivity contribution >= 4 is 23.5 Å². The van der Waals surface area contributed by atoms with Gasteiger partial charge in [-0.25, -0.2) is 4.98 Å². The van der Waals surface area contributed by atoms with Gasteiger partial charge < -0.3 is 0 Å². The fourth-order valence-electron chi connectivity index (χ4n) is 2.08. The van der Waals surface area contributed by atoms with E-state index in [1.165, 1.54) is 6.20 Å². The van der Waals surface area contributed by atoms with E-state index >= 15 is 0 Å². The lowest BCUT2D eigenvalue weighted by atomic mass is 10.2. The summed E-state index contributed by atoms with van der Waals surface area (Å²) in [7, 11) is 0.